The van der Waals surface area contributed by atoms with Gasteiger partial charge in [-0.2, -0.15) is 0 Å². The molecule has 7 heteroatoms. The van der Waals surface area contributed by atoms with Crippen molar-refractivity contribution in [1.82, 2.24) is 29.2 Å². The summed E-state index contributed by atoms with van der Waals surface area (Å²) in [5.41, 5.74) is 9.41. The van der Waals surface area contributed by atoms with Crippen LogP contribution in [-0.2, 0) is 19.4 Å². The summed E-state index contributed by atoms with van der Waals surface area (Å²) in [6, 6.07) is 22.3. The van der Waals surface area contributed by atoms with Gasteiger partial charge >= 0.3 is 0 Å². The zero-order valence-corrected chi connectivity index (χ0v) is 26.4. The van der Waals surface area contributed by atoms with Crippen molar-refractivity contribution in [2.75, 3.05) is 7.05 Å². The first kappa shape index (κ1) is 29.9. The van der Waals surface area contributed by atoms with E-state index in [4.69, 9.17) is 0 Å². The number of hydrogen-bond donors (Lipinski definition) is 3. The molecular weight excluding hydrogens is 544 g/mol. The zero-order valence-electron chi connectivity index (χ0n) is 26.4. The maximum atomic E-state index is 12.6. The molecule has 0 amide bonds. The highest BCUT2D eigenvalue weighted by Crippen LogP contribution is 2.21. The monoisotopic (exact) mass is 588 g/mol. The van der Waals surface area contributed by atoms with E-state index in [9.17, 15) is 4.79 Å². The van der Waals surface area contributed by atoms with Crippen LogP contribution in [0.5, 0.6) is 0 Å². The van der Waals surface area contributed by atoms with Crippen LogP contribution in [-0.4, -0.2) is 44.2 Å². The van der Waals surface area contributed by atoms with Crippen molar-refractivity contribution >= 4 is 22.3 Å². The summed E-state index contributed by atoms with van der Waals surface area (Å²) in [5, 5.41) is 10.5. The minimum absolute atomic E-state index is 0.110. The summed E-state index contributed by atoms with van der Waals surface area (Å²) >= 11 is 0. The van der Waals surface area contributed by atoms with Gasteiger partial charge in [0.1, 0.15) is 0 Å². The largest absolute Gasteiger partial charge is 0.324 e. The molecule has 0 aliphatic carbocycles. The molecule has 6 heterocycles. The summed E-state index contributed by atoms with van der Waals surface area (Å²) in [6.07, 6.45) is 14.7. The number of fused-ring (bicyclic) bond motifs is 3. The smallest absolute Gasteiger partial charge is 0.179 e. The molecule has 4 atom stereocenters. The van der Waals surface area contributed by atoms with E-state index in [0.717, 1.165) is 30.5 Å². The molecule has 7 nitrogen and oxygen atoms in total. The van der Waals surface area contributed by atoms with Gasteiger partial charge in [0.25, 0.3) is 0 Å². The number of aromatic nitrogens is 3. The number of hydrogen-bond acceptors (Lipinski definition) is 4. The standard InChI is InChI=1S/C37H44N6O/c1-25(39-22-31-19-36-20-32(10-14-42(36)23-31)37(44)28(4)38-5)15-29-9-13-43-24-33(21-35(43)18-29)27(3)40-26(2)16-30-8-12-41-11-6-7-34(41)17-30/h6-14,17-21,23-28,38-40H,15-16,22H2,1-5H3. The third-order valence-electron chi connectivity index (χ3n) is 8.82. The van der Waals surface area contributed by atoms with Crippen LogP contribution >= 0.6 is 0 Å². The third kappa shape index (κ3) is 6.65. The Bertz CT molecular complexity index is 1890. The number of carbonyl (C=O) groups is 1. The van der Waals surface area contributed by atoms with Crippen molar-refractivity contribution in [3.8, 4) is 0 Å². The number of pyridine rings is 3. The molecule has 6 aromatic heterocycles. The Labute approximate surface area is 259 Å². The Kier molecular flexibility index (Phi) is 8.71. The molecule has 4 unspecified atom stereocenters. The molecule has 0 bridgehead atoms. The van der Waals surface area contributed by atoms with E-state index < -0.39 is 0 Å². The Morgan fingerprint density at radius 2 is 1.36 bits per heavy atom. The van der Waals surface area contributed by atoms with Crippen LogP contribution in [0, 0.1) is 0 Å². The summed E-state index contributed by atoms with van der Waals surface area (Å²) in [6.45, 7) is 9.42. The first-order valence-electron chi connectivity index (χ1n) is 15.7. The first-order chi connectivity index (χ1) is 21.2. The van der Waals surface area contributed by atoms with Crippen LogP contribution in [0.15, 0.2) is 97.8 Å². The first-order valence-corrected chi connectivity index (χ1v) is 15.7. The van der Waals surface area contributed by atoms with Crippen molar-refractivity contribution in [1.29, 1.82) is 0 Å². The maximum absolute atomic E-state index is 12.6. The fourth-order valence-corrected chi connectivity index (χ4v) is 6.20. The fraction of sp³-hybridized carbons (Fsp3) is 0.324. The molecule has 0 fully saturated rings. The lowest BCUT2D eigenvalue weighted by molar-refractivity contribution is 0.0955. The minimum Gasteiger partial charge on any atom is -0.324 e. The van der Waals surface area contributed by atoms with E-state index in [-0.39, 0.29) is 17.9 Å². The highest BCUT2D eigenvalue weighted by molar-refractivity contribution is 6.00. The maximum Gasteiger partial charge on any atom is 0.179 e. The van der Waals surface area contributed by atoms with Crippen LogP contribution in [0.25, 0.3) is 16.6 Å². The lowest BCUT2D eigenvalue weighted by atomic mass is 10.1. The lowest BCUT2D eigenvalue weighted by Crippen LogP contribution is -2.30. The summed E-state index contributed by atoms with van der Waals surface area (Å²) in [5.74, 6) is 0.110. The minimum atomic E-state index is -0.196. The van der Waals surface area contributed by atoms with Crippen molar-refractivity contribution in [2.24, 2.45) is 0 Å². The molecule has 0 aliphatic rings. The van der Waals surface area contributed by atoms with Gasteiger partial charge < -0.3 is 29.2 Å². The van der Waals surface area contributed by atoms with E-state index in [0.29, 0.717) is 12.1 Å². The van der Waals surface area contributed by atoms with Crippen molar-refractivity contribution in [3.05, 3.63) is 126 Å². The van der Waals surface area contributed by atoms with Crippen LogP contribution in [0.4, 0.5) is 0 Å². The van der Waals surface area contributed by atoms with Gasteiger partial charge in [0.2, 0.25) is 0 Å². The molecule has 0 saturated heterocycles. The number of rotatable bonds is 13. The molecule has 0 spiro atoms. The molecule has 0 saturated carbocycles. The average molecular weight is 589 g/mol. The molecule has 0 aliphatic heterocycles. The van der Waals surface area contributed by atoms with E-state index in [1.54, 1.807) is 0 Å². The highest BCUT2D eigenvalue weighted by atomic mass is 16.1. The predicted molar refractivity (Wildman–Crippen MR) is 180 cm³/mol. The van der Waals surface area contributed by atoms with E-state index in [2.05, 4.69) is 129 Å². The van der Waals surface area contributed by atoms with E-state index in [1.807, 2.05) is 32.3 Å². The number of likely N-dealkylation sites (N-methyl/N-ethyl adjacent to an activating group) is 1. The van der Waals surface area contributed by atoms with Crippen LogP contribution in [0.3, 0.4) is 0 Å². The number of nitrogens with one attached hydrogen (secondary N) is 3. The van der Waals surface area contributed by atoms with Gasteiger partial charge in [-0.3, -0.25) is 4.79 Å². The molecule has 6 aromatic rings. The number of nitrogens with zero attached hydrogens (tertiary/aromatic N) is 3. The van der Waals surface area contributed by atoms with E-state index >= 15 is 0 Å². The van der Waals surface area contributed by atoms with Gasteiger partial charge in [0.05, 0.1) is 6.04 Å². The molecule has 3 N–H and O–H groups in total. The molecule has 0 radical (unpaired) electrons. The predicted octanol–water partition coefficient (Wildman–Crippen LogP) is 6.24. The summed E-state index contributed by atoms with van der Waals surface area (Å²) in [7, 11) is 1.81. The van der Waals surface area contributed by atoms with Gasteiger partial charge in [-0.1, -0.05) is 0 Å². The quantitative estimate of drug-likeness (QED) is 0.140. The third-order valence-corrected chi connectivity index (χ3v) is 8.82. The molecule has 44 heavy (non-hydrogen) atoms. The molecule has 6 rings (SSSR count). The fourth-order valence-electron chi connectivity index (χ4n) is 6.20. The van der Waals surface area contributed by atoms with Gasteiger partial charge in [-0.05, 0) is 131 Å². The second-order valence-corrected chi connectivity index (χ2v) is 12.5. The summed E-state index contributed by atoms with van der Waals surface area (Å²) in [4.78, 5) is 12.6. The number of carbonyl (C=O) groups excluding carboxylic acids is 1. The second-order valence-electron chi connectivity index (χ2n) is 12.5. The number of ketones is 1. The van der Waals surface area contributed by atoms with Gasteiger partial charge in [-0.25, -0.2) is 0 Å². The molecule has 228 valence electrons. The highest BCUT2D eigenvalue weighted by Gasteiger charge is 2.15. The molecular formula is C37H44N6O. The number of Topliss-reactive ketones (excluding diaryl/α,β-unsaturated/α-hetero) is 1. The van der Waals surface area contributed by atoms with Crippen molar-refractivity contribution in [3.63, 3.8) is 0 Å². The second kappa shape index (κ2) is 12.8. The topological polar surface area (TPSA) is 66.4 Å². The Hall–Kier alpha value is -4.17. The Morgan fingerprint density at radius 3 is 2.16 bits per heavy atom. The van der Waals surface area contributed by atoms with Gasteiger partial charge in [0.15, 0.2) is 5.78 Å². The normalized spacial score (nSPS) is 14.8. The van der Waals surface area contributed by atoms with Gasteiger partial charge in [0, 0.05) is 84.0 Å². The van der Waals surface area contributed by atoms with E-state index in [1.165, 1.54) is 33.3 Å². The average Bonchev–Trinajstić information content (AvgIpc) is 3.76. The lowest BCUT2D eigenvalue weighted by Gasteiger charge is -2.19. The van der Waals surface area contributed by atoms with Crippen LogP contribution in [0.1, 0.15) is 66.3 Å². The SMILES string of the molecule is CNC(C)C(=O)c1ccn2cc(CNC(C)Cc3ccn4cc(C(C)NC(C)Cc5ccn6cccc6c5)cc4c3)cc2c1. The van der Waals surface area contributed by atoms with Crippen molar-refractivity contribution in [2.45, 2.75) is 71.2 Å². The summed E-state index contributed by atoms with van der Waals surface area (Å²) < 4.78 is 6.46. The Morgan fingerprint density at radius 1 is 0.705 bits per heavy atom. The Balaban J connectivity index is 1.03. The zero-order chi connectivity index (χ0) is 30.8. The van der Waals surface area contributed by atoms with Crippen molar-refractivity contribution < 1.29 is 4.79 Å². The van der Waals surface area contributed by atoms with Crippen LogP contribution in [0.2, 0.25) is 0 Å². The molecule has 0 aromatic carbocycles. The van der Waals surface area contributed by atoms with Gasteiger partial charge in [-0.15, -0.1) is 0 Å². The van der Waals surface area contributed by atoms with Crippen LogP contribution < -0.4 is 16.0 Å².